The fraction of sp³-hybridized carbons (Fsp3) is 0.364. The van der Waals surface area contributed by atoms with Crippen molar-refractivity contribution in [2.75, 3.05) is 6.61 Å². The quantitative estimate of drug-likeness (QED) is 0.710. The molecule has 1 heterocycles. The predicted molar refractivity (Wildman–Crippen MR) is 53.8 cm³/mol. The number of rotatable bonds is 1. The van der Waals surface area contributed by atoms with Crippen molar-refractivity contribution in [3.8, 4) is 0 Å². The molecule has 0 saturated carbocycles. The summed E-state index contributed by atoms with van der Waals surface area (Å²) >= 11 is 0. The monoisotopic (exact) mass is 191 g/mol. The van der Waals surface area contributed by atoms with Gasteiger partial charge >= 0.3 is 0 Å². The summed E-state index contributed by atoms with van der Waals surface area (Å²) in [7, 11) is 0. The van der Waals surface area contributed by atoms with Crippen molar-refractivity contribution >= 4 is 5.76 Å². The Hall–Kier alpha value is -1.35. The summed E-state index contributed by atoms with van der Waals surface area (Å²) in [6, 6.07) is 3.73. The number of hydrogen-bond donors (Lipinski definition) is 2. The normalized spacial score (nSPS) is 25.4. The van der Waals surface area contributed by atoms with Crippen molar-refractivity contribution < 1.29 is 10.2 Å². The minimum Gasteiger partial charge on any atom is -0.506 e. The van der Waals surface area contributed by atoms with Gasteiger partial charge in [-0.05, 0) is 23.6 Å². The molecule has 0 fully saturated rings. The van der Waals surface area contributed by atoms with Crippen molar-refractivity contribution in [2.24, 2.45) is 5.92 Å². The summed E-state index contributed by atoms with van der Waals surface area (Å²) in [6.45, 7) is 2.07. The first-order valence-electron chi connectivity index (χ1n) is 4.71. The molecule has 1 aromatic heterocycles. The molecule has 1 aliphatic rings. The summed E-state index contributed by atoms with van der Waals surface area (Å²) in [6.07, 6.45) is 3.39. The second kappa shape index (κ2) is 3.42. The molecular formula is C11H13NO2. The van der Waals surface area contributed by atoms with Gasteiger partial charge in [0.2, 0.25) is 0 Å². The molecular weight excluding hydrogens is 178 g/mol. The molecule has 3 nitrogen and oxygen atoms in total. The Bertz CT molecular complexity index is 373. The minimum atomic E-state index is 0.0506. The lowest BCUT2D eigenvalue weighted by molar-refractivity contribution is 0.242. The number of aliphatic hydroxyl groups is 2. The molecule has 0 aromatic carbocycles. The van der Waals surface area contributed by atoms with Gasteiger partial charge in [-0.2, -0.15) is 0 Å². The van der Waals surface area contributed by atoms with E-state index in [1.54, 1.807) is 12.3 Å². The van der Waals surface area contributed by atoms with Gasteiger partial charge in [0.1, 0.15) is 11.5 Å². The third kappa shape index (κ3) is 1.30. The van der Waals surface area contributed by atoms with E-state index in [2.05, 4.69) is 4.98 Å². The van der Waals surface area contributed by atoms with Crippen molar-refractivity contribution in [3.63, 3.8) is 0 Å². The molecule has 2 rings (SSSR count). The Morgan fingerprint density at radius 3 is 3.00 bits per heavy atom. The number of aromatic nitrogens is 1. The average Bonchev–Trinajstić information content (AvgIpc) is 2.18. The van der Waals surface area contributed by atoms with Gasteiger partial charge in [0.05, 0.1) is 6.61 Å². The fourth-order valence-corrected chi connectivity index (χ4v) is 1.92. The third-order valence-corrected chi connectivity index (χ3v) is 2.73. The van der Waals surface area contributed by atoms with Crippen molar-refractivity contribution in [2.45, 2.75) is 12.8 Å². The van der Waals surface area contributed by atoms with Crippen LogP contribution in [0, 0.1) is 5.92 Å². The van der Waals surface area contributed by atoms with Crippen LogP contribution >= 0.6 is 0 Å². The van der Waals surface area contributed by atoms with Gasteiger partial charge in [-0.3, -0.25) is 4.98 Å². The van der Waals surface area contributed by atoms with Crippen LogP contribution < -0.4 is 0 Å². The Balaban J connectivity index is 2.54. The van der Waals surface area contributed by atoms with Gasteiger partial charge in [-0.25, -0.2) is 0 Å². The Kier molecular flexibility index (Phi) is 2.25. The first kappa shape index (κ1) is 9.21. The van der Waals surface area contributed by atoms with Crippen molar-refractivity contribution in [3.05, 3.63) is 35.7 Å². The smallest absolute Gasteiger partial charge is 0.137 e. The average molecular weight is 191 g/mol. The van der Waals surface area contributed by atoms with Crippen molar-refractivity contribution in [1.82, 2.24) is 4.98 Å². The highest BCUT2D eigenvalue weighted by Gasteiger charge is 2.26. The van der Waals surface area contributed by atoms with Crippen molar-refractivity contribution in [1.29, 1.82) is 0 Å². The van der Waals surface area contributed by atoms with Crippen LogP contribution in [0.15, 0.2) is 24.4 Å². The zero-order valence-electron chi connectivity index (χ0n) is 8.01. The standard InChI is InChI=1S/C11H13NO2/c1-7-5-10(14)11-8(9(7)6-13)3-2-4-12-11/h2-5,7,9,13-14H,6H2,1H3. The van der Waals surface area contributed by atoms with E-state index in [1.807, 2.05) is 19.1 Å². The molecule has 2 atom stereocenters. The van der Waals surface area contributed by atoms with Gasteiger partial charge < -0.3 is 10.2 Å². The highest BCUT2D eigenvalue weighted by Crippen LogP contribution is 2.35. The maximum Gasteiger partial charge on any atom is 0.137 e. The van der Waals surface area contributed by atoms with Gasteiger partial charge in [-0.1, -0.05) is 13.0 Å². The van der Waals surface area contributed by atoms with Gasteiger partial charge in [-0.15, -0.1) is 0 Å². The van der Waals surface area contributed by atoms with Crippen LogP contribution in [0.3, 0.4) is 0 Å². The van der Waals surface area contributed by atoms with Gasteiger partial charge in [0, 0.05) is 12.1 Å². The molecule has 0 radical (unpaired) electrons. The number of fused-ring (bicyclic) bond motifs is 1. The van der Waals surface area contributed by atoms with E-state index in [4.69, 9.17) is 0 Å². The van der Waals surface area contributed by atoms with E-state index >= 15 is 0 Å². The fourth-order valence-electron chi connectivity index (χ4n) is 1.92. The minimum absolute atomic E-state index is 0.0506. The molecule has 0 bridgehead atoms. The Morgan fingerprint density at radius 2 is 2.29 bits per heavy atom. The zero-order valence-corrected chi connectivity index (χ0v) is 8.01. The molecule has 2 unspecified atom stereocenters. The first-order chi connectivity index (χ1) is 6.74. The maximum absolute atomic E-state index is 9.66. The molecule has 1 aliphatic carbocycles. The first-order valence-corrected chi connectivity index (χ1v) is 4.71. The highest BCUT2D eigenvalue weighted by molar-refractivity contribution is 5.62. The van der Waals surface area contributed by atoms with E-state index in [9.17, 15) is 10.2 Å². The Labute approximate surface area is 82.7 Å². The molecule has 0 saturated heterocycles. The maximum atomic E-state index is 9.66. The molecule has 0 spiro atoms. The Morgan fingerprint density at radius 1 is 1.50 bits per heavy atom. The molecule has 0 aliphatic heterocycles. The summed E-state index contributed by atoms with van der Waals surface area (Å²) in [5, 5.41) is 18.9. The van der Waals surface area contributed by atoms with Crippen LogP contribution in [0.25, 0.3) is 5.76 Å². The molecule has 14 heavy (non-hydrogen) atoms. The van der Waals surface area contributed by atoms with Crippen LogP contribution in [-0.4, -0.2) is 21.8 Å². The number of nitrogens with zero attached hydrogens (tertiary/aromatic N) is 1. The molecule has 74 valence electrons. The summed E-state index contributed by atoms with van der Waals surface area (Å²) in [5.74, 6) is 0.420. The second-order valence-electron chi connectivity index (χ2n) is 3.64. The van der Waals surface area contributed by atoms with Gasteiger partial charge in [0.15, 0.2) is 0 Å². The van der Waals surface area contributed by atoms with Crippen LogP contribution in [0.4, 0.5) is 0 Å². The highest BCUT2D eigenvalue weighted by atomic mass is 16.3. The van der Waals surface area contributed by atoms with Crippen LogP contribution in [-0.2, 0) is 0 Å². The van der Waals surface area contributed by atoms with E-state index in [1.165, 1.54) is 0 Å². The number of allylic oxidation sites excluding steroid dienone is 1. The lowest BCUT2D eigenvalue weighted by Gasteiger charge is -2.26. The van der Waals surface area contributed by atoms with E-state index in [-0.39, 0.29) is 24.2 Å². The predicted octanol–water partition coefficient (Wildman–Crippen LogP) is 1.71. The van der Waals surface area contributed by atoms with Gasteiger partial charge in [0.25, 0.3) is 0 Å². The summed E-state index contributed by atoms with van der Waals surface area (Å²) in [4.78, 5) is 4.10. The zero-order chi connectivity index (χ0) is 10.1. The second-order valence-corrected chi connectivity index (χ2v) is 3.64. The number of aliphatic hydroxyl groups excluding tert-OH is 2. The molecule has 0 amide bonds. The largest absolute Gasteiger partial charge is 0.506 e. The number of pyridine rings is 1. The molecule has 2 N–H and O–H groups in total. The molecule has 3 heteroatoms. The van der Waals surface area contributed by atoms with Crippen LogP contribution in [0.1, 0.15) is 24.1 Å². The van der Waals surface area contributed by atoms with Crippen LogP contribution in [0.2, 0.25) is 0 Å². The van der Waals surface area contributed by atoms with E-state index < -0.39 is 0 Å². The third-order valence-electron chi connectivity index (χ3n) is 2.73. The summed E-state index contributed by atoms with van der Waals surface area (Å²) < 4.78 is 0. The summed E-state index contributed by atoms with van der Waals surface area (Å²) in [5.41, 5.74) is 1.53. The molecule has 1 aromatic rings. The van der Waals surface area contributed by atoms with Crippen LogP contribution in [0.5, 0.6) is 0 Å². The lowest BCUT2D eigenvalue weighted by Crippen LogP contribution is -2.19. The van der Waals surface area contributed by atoms with E-state index in [0.29, 0.717) is 5.69 Å². The lowest BCUT2D eigenvalue weighted by atomic mass is 9.82. The van der Waals surface area contributed by atoms with E-state index in [0.717, 1.165) is 5.56 Å². The SMILES string of the molecule is CC1C=C(O)c2ncccc2C1CO. The number of hydrogen-bond acceptors (Lipinski definition) is 3. The topological polar surface area (TPSA) is 53.4 Å².